The normalized spacial score (nSPS) is 17.9. The van der Waals surface area contributed by atoms with Gasteiger partial charge in [-0.3, -0.25) is 0 Å². The maximum Gasteiger partial charge on any atom is 0.156 e. The summed E-state index contributed by atoms with van der Waals surface area (Å²) in [5.74, 6) is 1.06. The highest BCUT2D eigenvalue weighted by Gasteiger charge is 2.18. The van der Waals surface area contributed by atoms with Gasteiger partial charge in [0, 0.05) is 12.1 Å². The number of rotatable bonds is 3. The number of phenols is 1. The van der Waals surface area contributed by atoms with Gasteiger partial charge in [-0.2, -0.15) is 0 Å². The Bertz CT molecular complexity index is 394. The molecule has 0 radical (unpaired) electrons. The summed E-state index contributed by atoms with van der Waals surface area (Å²) in [4.78, 5) is 2.32. The van der Waals surface area contributed by atoms with Gasteiger partial charge in [-0.25, -0.2) is 0 Å². The third-order valence-electron chi connectivity index (χ3n) is 3.28. The van der Waals surface area contributed by atoms with Gasteiger partial charge in [0.2, 0.25) is 0 Å². The summed E-state index contributed by atoms with van der Waals surface area (Å²) in [7, 11) is 2.13. The molecule has 0 unspecified atom stereocenters. The molecule has 5 heteroatoms. The van der Waals surface area contributed by atoms with Crippen molar-refractivity contribution in [3.05, 3.63) is 22.2 Å². The molecule has 1 saturated heterocycles. The van der Waals surface area contributed by atoms with E-state index in [1.165, 1.54) is 12.1 Å². The second-order valence-electron chi connectivity index (χ2n) is 4.80. The topological polar surface area (TPSA) is 32.7 Å². The summed E-state index contributed by atoms with van der Waals surface area (Å²) in [5.41, 5.74) is 0. The van der Waals surface area contributed by atoms with Crippen molar-refractivity contribution in [2.24, 2.45) is 5.92 Å². The fraction of sp³-hybridized carbons (Fsp3) is 0.538. The van der Waals surface area contributed by atoms with Crippen LogP contribution < -0.4 is 4.74 Å². The van der Waals surface area contributed by atoms with E-state index in [1.807, 2.05) is 0 Å². The molecule has 3 nitrogen and oxygen atoms in total. The van der Waals surface area contributed by atoms with Crippen LogP contribution in [0.5, 0.6) is 11.5 Å². The number of phenolic OH excluding ortho intramolecular Hbond substituents is 1. The van der Waals surface area contributed by atoms with Crippen LogP contribution in [0.1, 0.15) is 12.8 Å². The fourth-order valence-corrected chi connectivity index (χ4v) is 2.70. The fourth-order valence-electron chi connectivity index (χ4n) is 2.11. The lowest BCUT2D eigenvalue weighted by Gasteiger charge is -2.28. The lowest BCUT2D eigenvalue weighted by molar-refractivity contribution is 0.160. The summed E-state index contributed by atoms with van der Waals surface area (Å²) in [6, 6.07) is 2.88. The smallest absolute Gasteiger partial charge is 0.156 e. The zero-order valence-corrected chi connectivity index (χ0v) is 11.8. The van der Waals surface area contributed by atoms with Gasteiger partial charge in [-0.15, -0.1) is 0 Å². The molecule has 0 aliphatic carbocycles. The predicted molar refractivity (Wildman–Crippen MR) is 73.8 cm³/mol. The van der Waals surface area contributed by atoms with Crippen molar-refractivity contribution in [1.82, 2.24) is 4.90 Å². The van der Waals surface area contributed by atoms with E-state index in [-0.39, 0.29) is 5.75 Å². The average molecular weight is 290 g/mol. The van der Waals surface area contributed by atoms with Crippen LogP contribution in [0.25, 0.3) is 0 Å². The molecule has 1 N–H and O–H groups in total. The molecule has 1 aliphatic heterocycles. The van der Waals surface area contributed by atoms with E-state index in [1.54, 1.807) is 0 Å². The van der Waals surface area contributed by atoms with Gasteiger partial charge in [0.25, 0.3) is 0 Å². The monoisotopic (exact) mass is 289 g/mol. The maximum atomic E-state index is 9.33. The van der Waals surface area contributed by atoms with Gasteiger partial charge in [-0.1, -0.05) is 23.2 Å². The summed E-state index contributed by atoms with van der Waals surface area (Å²) in [5, 5.41) is 10.0. The summed E-state index contributed by atoms with van der Waals surface area (Å²) >= 11 is 12.0. The number of hydrogen-bond donors (Lipinski definition) is 1. The highest BCUT2D eigenvalue weighted by atomic mass is 35.5. The SMILES string of the molecule is CN1CCC(COc2c(Cl)cc(O)cc2Cl)CC1. The first-order valence-electron chi connectivity index (χ1n) is 6.05. The van der Waals surface area contributed by atoms with Crippen LogP contribution in [0.3, 0.4) is 0 Å². The van der Waals surface area contributed by atoms with E-state index >= 15 is 0 Å². The molecule has 1 fully saturated rings. The number of piperidine rings is 1. The van der Waals surface area contributed by atoms with Gasteiger partial charge < -0.3 is 14.7 Å². The maximum absolute atomic E-state index is 9.33. The molecule has 1 aromatic rings. The number of ether oxygens (including phenoxy) is 1. The highest BCUT2D eigenvalue weighted by Crippen LogP contribution is 2.36. The first-order chi connectivity index (χ1) is 8.56. The lowest BCUT2D eigenvalue weighted by Crippen LogP contribution is -2.32. The van der Waals surface area contributed by atoms with Gasteiger partial charge in [-0.05, 0) is 38.9 Å². The molecule has 0 bridgehead atoms. The molecule has 0 spiro atoms. The summed E-state index contributed by atoms with van der Waals surface area (Å²) in [6.45, 7) is 2.83. The number of benzene rings is 1. The Hall–Kier alpha value is -0.640. The first-order valence-corrected chi connectivity index (χ1v) is 6.81. The molecule has 1 heterocycles. The van der Waals surface area contributed by atoms with Crippen molar-refractivity contribution in [3.63, 3.8) is 0 Å². The van der Waals surface area contributed by atoms with Crippen LogP contribution in [-0.4, -0.2) is 36.8 Å². The van der Waals surface area contributed by atoms with Crippen LogP contribution in [0, 0.1) is 5.92 Å². The second kappa shape index (κ2) is 6.00. The van der Waals surface area contributed by atoms with Crippen LogP contribution in [0.2, 0.25) is 10.0 Å². The molecular formula is C13H17Cl2NO2. The standard InChI is InChI=1S/C13H17Cl2NO2/c1-16-4-2-9(3-5-16)8-18-13-11(14)6-10(17)7-12(13)15/h6-7,9,17H,2-5,8H2,1H3. The number of nitrogens with zero attached hydrogens (tertiary/aromatic N) is 1. The minimum Gasteiger partial charge on any atom is -0.508 e. The summed E-state index contributed by atoms with van der Waals surface area (Å²) < 4.78 is 5.70. The van der Waals surface area contributed by atoms with Crippen molar-refractivity contribution < 1.29 is 9.84 Å². The Morgan fingerprint density at radius 1 is 1.28 bits per heavy atom. The Kier molecular flexibility index (Phi) is 4.60. The Labute approximate surface area is 117 Å². The van der Waals surface area contributed by atoms with E-state index in [4.69, 9.17) is 27.9 Å². The Balaban J connectivity index is 1.94. The molecule has 100 valence electrons. The zero-order chi connectivity index (χ0) is 13.1. The molecule has 0 saturated carbocycles. The average Bonchev–Trinajstić information content (AvgIpc) is 2.30. The van der Waals surface area contributed by atoms with Crippen molar-refractivity contribution >= 4 is 23.2 Å². The van der Waals surface area contributed by atoms with E-state index in [0.29, 0.717) is 28.3 Å². The van der Waals surface area contributed by atoms with E-state index in [2.05, 4.69) is 11.9 Å². The lowest BCUT2D eigenvalue weighted by atomic mass is 9.98. The van der Waals surface area contributed by atoms with E-state index in [9.17, 15) is 5.11 Å². The molecular weight excluding hydrogens is 273 g/mol. The van der Waals surface area contributed by atoms with Crippen molar-refractivity contribution in [1.29, 1.82) is 0 Å². The van der Waals surface area contributed by atoms with Gasteiger partial charge in [0.1, 0.15) is 5.75 Å². The van der Waals surface area contributed by atoms with Gasteiger partial charge in [0.15, 0.2) is 5.75 Å². The highest BCUT2D eigenvalue weighted by molar-refractivity contribution is 6.37. The van der Waals surface area contributed by atoms with Crippen molar-refractivity contribution in [2.45, 2.75) is 12.8 Å². The van der Waals surface area contributed by atoms with Gasteiger partial charge in [0.05, 0.1) is 16.7 Å². The van der Waals surface area contributed by atoms with Gasteiger partial charge >= 0.3 is 0 Å². The second-order valence-corrected chi connectivity index (χ2v) is 5.61. The zero-order valence-electron chi connectivity index (χ0n) is 10.3. The minimum atomic E-state index is 0.0524. The number of likely N-dealkylation sites (tertiary alicyclic amines) is 1. The molecule has 0 atom stereocenters. The minimum absolute atomic E-state index is 0.0524. The van der Waals surface area contributed by atoms with Crippen molar-refractivity contribution in [3.8, 4) is 11.5 Å². The first kappa shape index (κ1) is 13.8. The van der Waals surface area contributed by atoms with Crippen LogP contribution in [-0.2, 0) is 0 Å². The van der Waals surface area contributed by atoms with E-state index < -0.39 is 0 Å². The molecule has 18 heavy (non-hydrogen) atoms. The number of hydrogen-bond acceptors (Lipinski definition) is 3. The molecule has 1 aliphatic rings. The van der Waals surface area contributed by atoms with Crippen molar-refractivity contribution in [2.75, 3.05) is 26.7 Å². The molecule has 0 aromatic heterocycles. The number of halogens is 2. The number of aromatic hydroxyl groups is 1. The van der Waals surface area contributed by atoms with Crippen LogP contribution in [0.15, 0.2) is 12.1 Å². The molecule has 0 amide bonds. The van der Waals surface area contributed by atoms with Crippen LogP contribution >= 0.6 is 23.2 Å². The summed E-state index contributed by atoms with van der Waals surface area (Å²) in [6.07, 6.45) is 2.26. The Morgan fingerprint density at radius 2 is 1.83 bits per heavy atom. The third kappa shape index (κ3) is 3.44. The van der Waals surface area contributed by atoms with E-state index in [0.717, 1.165) is 25.9 Å². The Morgan fingerprint density at radius 3 is 2.39 bits per heavy atom. The van der Waals surface area contributed by atoms with Crippen LogP contribution in [0.4, 0.5) is 0 Å². The largest absolute Gasteiger partial charge is 0.508 e. The third-order valence-corrected chi connectivity index (χ3v) is 3.85. The molecule has 1 aromatic carbocycles. The molecule has 2 rings (SSSR count). The quantitative estimate of drug-likeness (QED) is 0.926. The predicted octanol–water partition coefficient (Wildman–Crippen LogP) is 3.42.